The number of carbonyl (C=O) groups excluding carboxylic acids is 4. The van der Waals surface area contributed by atoms with E-state index in [0.717, 1.165) is 67.9 Å². The first kappa shape index (κ1) is 96.9. The molecule has 0 aliphatic rings. The number of rotatable bonds is 38. The van der Waals surface area contributed by atoms with Gasteiger partial charge in [0.2, 0.25) is 19.7 Å². The number of hydrogen-bond acceptors (Lipinski definition) is 32. The number of aliphatic imine (C=N–C) groups is 2. The molecule has 115 heavy (non-hydrogen) atoms. The van der Waals surface area contributed by atoms with Gasteiger partial charge in [-0.2, -0.15) is 4.99 Å². The van der Waals surface area contributed by atoms with Crippen LogP contribution < -0.4 is 9.47 Å². The first-order valence-electron chi connectivity index (χ1n) is 33.2. The van der Waals surface area contributed by atoms with Crippen LogP contribution in [0.15, 0.2) is 272 Å². The Hall–Kier alpha value is -10.4. The van der Waals surface area contributed by atoms with Crippen LogP contribution in [-0.4, -0.2) is 159 Å². The van der Waals surface area contributed by atoms with Crippen molar-refractivity contribution in [3.05, 3.63) is 248 Å². The molecule has 0 heterocycles. The Balaban J connectivity index is 0.000000313. The molecule has 0 aromatic heterocycles. The van der Waals surface area contributed by atoms with Crippen molar-refractivity contribution in [1.29, 1.82) is 0 Å². The summed E-state index contributed by atoms with van der Waals surface area (Å²) >= 11 is -2.22. The maximum atomic E-state index is 12.2. The summed E-state index contributed by atoms with van der Waals surface area (Å²) in [6.07, 6.45) is 5.01. The summed E-state index contributed by atoms with van der Waals surface area (Å²) in [7, 11) is -15.0. The number of sulfonamides is 3. The van der Waals surface area contributed by atoms with Crippen molar-refractivity contribution in [2.24, 2.45) is 21.3 Å². The van der Waals surface area contributed by atoms with Gasteiger partial charge in [0.05, 0.1) is 53.4 Å². The zero-order valence-electron chi connectivity index (χ0n) is 62.7. The van der Waals surface area contributed by atoms with E-state index in [9.17, 15) is 65.8 Å². The van der Waals surface area contributed by atoms with E-state index < -0.39 is 91.7 Å². The molecule has 0 saturated heterocycles. The van der Waals surface area contributed by atoms with Gasteiger partial charge in [0, 0.05) is 63.4 Å². The maximum absolute atomic E-state index is 12.2. The molecule has 39 heteroatoms. The number of ether oxygens (including phenoxy) is 9. The van der Waals surface area contributed by atoms with Crippen molar-refractivity contribution < 1.29 is 121 Å². The summed E-state index contributed by atoms with van der Waals surface area (Å²) in [5, 5.41) is 0. The van der Waals surface area contributed by atoms with E-state index in [1.54, 1.807) is 98.3 Å². The quantitative estimate of drug-likeness (QED) is 0.00399. The van der Waals surface area contributed by atoms with Crippen molar-refractivity contribution in [1.82, 2.24) is 0 Å². The molecule has 1 atom stereocenters. The normalized spacial score (nSPS) is 12.1. The largest absolute Gasteiger partial charge is 0.768 e. The van der Waals surface area contributed by atoms with Gasteiger partial charge in [0.15, 0.2) is 0 Å². The second-order valence-electron chi connectivity index (χ2n) is 22.2. The minimum Gasteiger partial charge on any atom is -0.768 e. The number of isocyanates is 1. The van der Waals surface area contributed by atoms with E-state index in [1.165, 1.54) is 75.8 Å². The molecule has 32 nitrogen and oxygen atoms in total. The predicted octanol–water partition coefficient (Wildman–Crippen LogP) is 12.1. The third kappa shape index (κ3) is 38.5. The highest BCUT2D eigenvalue weighted by molar-refractivity contribution is 7.96. The molecular weight excluding hydrogens is 1640 g/mol. The standard InChI is InChI=1S/C20H22NO8S2.C18H18NO6S2.C17H19N2O5S2.C16H14O5S.C5H9NO3/c1-15(2)20(22)28-14-27-18-8-4-16(5-9-18)17-6-10-19(11-7-17)31(24,25)21-30(23)29-13-12-26-3;1-3-18(20)24-12-13-25-26(21)19-27(22,23)17-10-8-16(9-11-17)15-6-4-14(2)5-7-15;1-14-3-7-16(8-4-14)18-13-15-5-9-17(10-6-15)26(21,22)19-25(20)24-12-11-23-2;1-2-16(17)21-11-20-14-7-3-12(4-8-14)13-5-9-15(10-6-13)22(18)19;1-8-2-3-9-5-6-4-7/h4-11H,1,12-14H2,2-3H3;3-11H,1,12-13H2,2H3;3-10,13H,11-12H2,1-2H3;2-10H,1,11H2,(H,18,19);2-3,5H2,1H3/q3*-1;;/p-1. The number of hydrogen-bond donors (Lipinski definition) is 0. The Labute approximate surface area is 675 Å². The highest BCUT2D eigenvalue weighted by atomic mass is 32.3. The number of aryl methyl sites for hydroxylation is 2. The Kier molecular flexibility index (Phi) is 44.6. The number of carbonyl (C=O) groups is 3. The first-order valence-corrected chi connectivity index (χ1v) is 41.7. The number of nitrogens with zero attached hydrogens (tertiary/aromatic N) is 5. The average Bonchev–Trinajstić information content (AvgIpc) is 0.722. The Bertz CT molecular complexity index is 5190. The fourth-order valence-corrected chi connectivity index (χ4v) is 13.9. The van der Waals surface area contributed by atoms with E-state index in [4.69, 9.17) is 45.7 Å². The molecule has 0 amide bonds. The van der Waals surface area contributed by atoms with Crippen LogP contribution in [0.25, 0.3) is 33.4 Å². The number of esters is 3. The van der Waals surface area contributed by atoms with Gasteiger partial charge in [-0.1, -0.05) is 140 Å². The van der Waals surface area contributed by atoms with Gasteiger partial charge in [-0.05, 0) is 188 Å². The summed E-state index contributed by atoms with van der Waals surface area (Å²) in [6.45, 7) is 15.9. The Morgan fingerprint density at radius 2 is 0.809 bits per heavy atom. The van der Waals surface area contributed by atoms with Crippen molar-refractivity contribution in [2.45, 2.75) is 40.4 Å². The Morgan fingerprint density at radius 1 is 0.470 bits per heavy atom. The van der Waals surface area contributed by atoms with E-state index >= 15 is 0 Å². The molecule has 0 spiro atoms. The van der Waals surface area contributed by atoms with Crippen LogP contribution in [0.5, 0.6) is 11.5 Å². The highest BCUT2D eigenvalue weighted by Crippen LogP contribution is 2.28. The van der Waals surface area contributed by atoms with Gasteiger partial charge in [-0.25, -0.2) is 44.4 Å². The minimum absolute atomic E-state index is 0.0173. The minimum atomic E-state index is -4.15. The van der Waals surface area contributed by atoms with Crippen LogP contribution in [0.1, 0.15) is 23.6 Å². The smallest absolute Gasteiger partial charge is 0.335 e. The van der Waals surface area contributed by atoms with Crippen molar-refractivity contribution in [3.8, 4) is 44.9 Å². The zero-order valence-corrected chi connectivity index (χ0v) is 68.4. The fourth-order valence-electron chi connectivity index (χ4n) is 8.02. The molecule has 0 fully saturated rings. The molecule has 0 N–H and O–H groups in total. The lowest BCUT2D eigenvalue weighted by atomic mass is 10.0. The molecule has 0 aliphatic heterocycles. The second-order valence-corrected chi connectivity index (χ2v) is 31.2. The van der Waals surface area contributed by atoms with Gasteiger partial charge in [-0.3, -0.25) is 20.5 Å². The first-order chi connectivity index (χ1) is 55.0. The molecule has 0 radical (unpaired) electrons. The predicted molar refractivity (Wildman–Crippen MR) is 427 cm³/mol. The lowest BCUT2D eigenvalue weighted by molar-refractivity contribution is -0.145. The van der Waals surface area contributed by atoms with Gasteiger partial charge >= 0.3 is 17.9 Å². The van der Waals surface area contributed by atoms with Gasteiger partial charge in [0.1, 0.15) is 24.8 Å². The molecular formula is C76H81N5O27S7-4. The van der Waals surface area contributed by atoms with E-state index in [2.05, 4.69) is 50.5 Å². The van der Waals surface area contributed by atoms with Crippen molar-refractivity contribution in [3.63, 3.8) is 0 Å². The van der Waals surface area contributed by atoms with Gasteiger partial charge in [0.25, 0.3) is 30.1 Å². The lowest BCUT2D eigenvalue weighted by Crippen LogP contribution is -2.10. The maximum Gasteiger partial charge on any atom is 0.335 e. The zero-order chi connectivity index (χ0) is 84.6. The summed E-state index contributed by atoms with van der Waals surface area (Å²) < 4.78 is 197. The van der Waals surface area contributed by atoms with Crippen LogP contribution in [0.4, 0.5) is 5.69 Å². The van der Waals surface area contributed by atoms with Crippen molar-refractivity contribution >= 4 is 110 Å². The third-order valence-electron chi connectivity index (χ3n) is 13.8. The summed E-state index contributed by atoms with van der Waals surface area (Å²) in [5.41, 5.74) is 9.21. The molecule has 0 saturated carbocycles. The highest BCUT2D eigenvalue weighted by Gasteiger charge is 2.14. The molecule has 8 rings (SSSR count). The summed E-state index contributed by atoms with van der Waals surface area (Å²) in [6, 6.07) is 54.0. The molecule has 618 valence electrons. The number of methoxy groups -OCH3 is 3. The van der Waals surface area contributed by atoms with E-state index in [0.29, 0.717) is 24.7 Å². The van der Waals surface area contributed by atoms with E-state index in [1.807, 2.05) is 74.5 Å². The van der Waals surface area contributed by atoms with Crippen LogP contribution >= 0.6 is 0 Å². The molecule has 8 aromatic rings. The van der Waals surface area contributed by atoms with Crippen LogP contribution in [-0.2, 0) is 151 Å². The average molecular weight is 1720 g/mol. The summed E-state index contributed by atoms with van der Waals surface area (Å²) in [4.78, 5) is 49.9. The van der Waals surface area contributed by atoms with Gasteiger partial charge < -0.3 is 72.4 Å². The SMILES string of the molecule is C=C(C)C(=O)OCOc1ccc(-c2ccc(S(=O)(=O)N=[S-](=O)OCCOC)cc2)cc1.C=CC(=O)OCCO[S-](=O)=NS(=O)(=O)c1ccc(-c2ccc(C)cc2)cc1.C=CC(=O)OCOc1ccc(-c2ccc(S(=O)[O-])cc2)cc1.COCCOCN=C=O.COCCO[S-](=O)=NS(=O)(=O)c1ccc(C=Nc2ccc(C)cc2)cc1. The Morgan fingerprint density at radius 3 is 1.18 bits per heavy atom. The molecule has 1 unspecified atom stereocenters. The van der Waals surface area contributed by atoms with E-state index in [-0.39, 0.29) is 85.1 Å². The fraction of sp³-hybridized carbons (Fsp3) is 0.224. The second kappa shape index (κ2) is 52.9. The van der Waals surface area contributed by atoms with Crippen LogP contribution in [0, 0.1) is 13.8 Å². The lowest BCUT2D eigenvalue weighted by Gasteiger charge is -2.09. The topological polar surface area (TPSA) is 435 Å². The van der Waals surface area contributed by atoms with Crippen LogP contribution in [0.3, 0.4) is 0 Å². The van der Waals surface area contributed by atoms with Gasteiger partial charge in [-0.15, -0.1) is 0 Å². The summed E-state index contributed by atoms with van der Waals surface area (Å²) in [5.74, 6) is -0.705. The van der Waals surface area contributed by atoms with Crippen LogP contribution in [0.2, 0.25) is 0 Å². The number of benzene rings is 8. The van der Waals surface area contributed by atoms with Crippen molar-refractivity contribution in [2.75, 3.05) is 94.5 Å². The molecule has 8 aromatic carbocycles. The third-order valence-corrected chi connectivity index (χ3v) is 22.0. The monoisotopic (exact) mass is 1720 g/mol. The molecule has 0 bridgehead atoms. The molecule has 0 aliphatic carbocycles.